The Balaban J connectivity index is 1.54. The summed E-state index contributed by atoms with van der Waals surface area (Å²) in [6, 6.07) is 12.1. The van der Waals surface area contributed by atoms with Gasteiger partial charge in [0.1, 0.15) is 10.6 Å². The number of carbonyl (C=O) groups is 1. The van der Waals surface area contributed by atoms with Gasteiger partial charge in [0.2, 0.25) is 0 Å². The first-order valence-electron chi connectivity index (χ1n) is 10.5. The number of ether oxygens (including phenoxy) is 1. The van der Waals surface area contributed by atoms with Crippen LogP contribution in [0.15, 0.2) is 36.4 Å². The van der Waals surface area contributed by atoms with Crippen LogP contribution in [0.1, 0.15) is 78.9 Å². The van der Waals surface area contributed by atoms with Crippen molar-refractivity contribution in [3.8, 4) is 5.75 Å². The second kappa shape index (κ2) is 10.8. The minimum absolute atomic E-state index is 0.254. The van der Waals surface area contributed by atoms with Gasteiger partial charge in [-0.05, 0) is 55.5 Å². The summed E-state index contributed by atoms with van der Waals surface area (Å²) in [7, 11) is 0. The van der Waals surface area contributed by atoms with Crippen molar-refractivity contribution >= 4 is 38.0 Å². The van der Waals surface area contributed by atoms with Gasteiger partial charge in [-0.1, -0.05) is 58.1 Å². The lowest BCUT2D eigenvalue weighted by molar-refractivity contribution is 0.0740. The van der Waals surface area contributed by atoms with Gasteiger partial charge in [0.15, 0.2) is 0 Å². The zero-order valence-corrected chi connectivity index (χ0v) is 18.6. The van der Waals surface area contributed by atoms with E-state index >= 15 is 0 Å². The molecule has 0 aliphatic carbocycles. The molecule has 2 nitrogen and oxygen atoms in total. The van der Waals surface area contributed by atoms with Crippen LogP contribution in [0, 0.1) is 0 Å². The number of aryl methyl sites for hydroxylation is 2. The van der Waals surface area contributed by atoms with Crippen LogP contribution in [-0.4, -0.2) is 5.97 Å². The molecule has 0 bridgehead atoms. The Hall–Kier alpha value is -1.65. The fourth-order valence-corrected chi connectivity index (χ4v) is 5.62. The molecule has 0 radical (unpaired) electrons. The molecule has 0 atom stereocenters. The van der Waals surface area contributed by atoms with Crippen LogP contribution < -0.4 is 4.74 Å². The molecule has 28 heavy (non-hydrogen) atoms. The highest BCUT2D eigenvalue weighted by Crippen LogP contribution is 2.34. The Morgan fingerprint density at radius 2 is 1.54 bits per heavy atom. The number of esters is 1. The average Bonchev–Trinajstić information content (AvgIpc) is 3.26. The zero-order valence-electron chi connectivity index (χ0n) is 17.0. The Morgan fingerprint density at radius 1 is 0.821 bits per heavy atom. The largest absolute Gasteiger partial charge is 0.422 e. The Labute approximate surface area is 176 Å². The van der Waals surface area contributed by atoms with Gasteiger partial charge in [0, 0.05) is 14.3 Å². The lowest BCUT2D eigenvalue weighted by Crippen LogP contribution is -2.06. The van der Waals surface area contributed by atoms with E-state index in [0.29, 0.717) is 10.6 Å². The molecule has 1 aromatic carbocycles. The summed E-state index contributed by atoms with van der Waals surface area (Å²) in [6.45, 7) is 4.44. The highest BCUT2D eigenvalue weighted by Gasteiger charge is 2.15. The molecular weight excluding hydrogens is 384 g/mol. The summed E-state index contributed by atoms with van der Waals surface area (Å²) in [5.74, 6) is 0.366. The van der Waals surface area contributed by atoms with E-state index in [9.17, 15) is 4.79 Å². The molecule has 0 aliphatic heterocycles. The molecule has 3 aromatic rings. The highest BCUT2D eigenvalue weighted by molar-refractivity contribution is 7.28. The van der Waals surface area contributed by atoms with Crippen LogP contribution in [0.5, 0.6) is 5.75 Å². The van der Waals surface area contributed by atoms with Crippen molar-refractivity contribution in [1.29, 1.82) is 0 Å². The average molecular weight is 415 g/mol. The first-order chi connectivity index (χ1) is 13.7. The van der Waals surface area contributed by atoms with E-state index in [1.54, 1.807) is 11.3 Å². The molecule has 0 unspecified atom stereocenters. The molecule has 0 fully saturated rings. The molecule has 0 amide bonds. The Bertz CT molecular complexity index is 842. The van der Waals surface area contributed by atoms with Crippen molar-refractivity contribution in [2.45, 2.75) is 71.6 Å². The van der Waals surface area contributed by atoms with Crippen LogP contribution in [-0.2, 0) is 12.8 Å². The third kappa shape index (κ3) is 5.92. The molecule has 4 heteroatoms. The van der Waals surface area contributed by atoms with Crippen molar-refractivity contribution < 1.29 is 9.53 Å². The second-order valence-corrected chi connectivity index (χ2v) is 9.61. The molecule has 2 heterocycles. The monoisotopic (exact) mass is 414 g/mol. The number of thiophene rings is 2. The number of benzene rings is 1. The van der Waals surface area contributed by atoms with Crippen LogP contribution in [0.2, 0.25) is 0 Å². The number of rotatable bonds is 11. The summed E-state index contributed by atoms with van der Waals surface area (Å²) >= 11 is 3.36. The highest BCUT2D eigenvalue weighted by atomic mass is 32.1. The molecule has 0 saturated carbocycles. The zero-order chi connectivity index (χ0) is 19.8. The first-order valence-corrected chi connectivity index (χ1v) is 12.2. The van der Waals surface area contributed by atoms with Gasteiger partial charge >= 0.3 is 5.97 Å². The van der Waals surface area contributed by atoms with E-state index < -0.39 is 0 Å². The maximum absolute atomic E-state index is 12.5. The third-order valence-electron chi connectivity index (χ3n) is 4.94. The Kier molecular flexibility index (Phi) is 8.11. The van der Waals surface area contributed by atoms with Crippen molar-refractivity contribution in [3.05, 3.63) is 51.7 Å². The van der Waals surface area contributed by atoms with Crippen LogP contribution in [0.25, 0.3) is 9.40 Å². The SMILES string of the molecule is CCCCCCCc1cc2sc(C(=O)Oc3ccc(CCCC)cc3)cc2s1. The molecule has 0 N–H and O–H groups in total. The second-order valence-electron chi connectivity index (χ2n) is 7.35. The van der Waals surface area contributed by atoms with E-state index in [2.05, 4.69) is 32.0 Å². The fraction of sp³-hybridized carbons (Fsp3) is 0.458. The smallest absolute Gasteiger partial charge is 0.353 e. The van der Waals surface area contributed by atoms with Gasteiger partial charge < -0.3 is 4.74 Å². The molecule has 0 aliphatic rings. The van der Waals surface area contributed by atoms with Crippen LogP contribution >= 0.6 is 22.7 Å². The van der Waals surface area contributed by atoms with E-state index in [4.69, 9.17) is 4.74 Å². The minimum atomic E-state index is -0.254. The van der Waals surface area contributed by atoms with Gasteiger partial charge in [-0.2, -0.15) is 0 Å². The molecule has 2 aromatic heterocycles. The first kappa shape index (κ1) is 21.1. The predicted octanol–water partition coefficient (Wildman–Crippen LogP) is 8.04. The normalized spacial score (nSPS) is 11.2. The van der Waals surface area contributed by atoms with E-state index in [-0.39, 0.29) is 5.97 Å². The molecule has 150 valence electrons. The van der Waals surface area contributed by atoms with Gasteiger partial charge in [0.05, 0.1) is 0 Å². The molecule has 0 spiro atoms. The predicted molar refractivity (Wildman–Crippen MR) is 122 cm³/mol. The molecular formula is C24H30O2S2. The van der Waals surface area contributed by atoms with Gasteiger partial charge in [0.25, 0.3) is 0 Å². The van der Waals surface area contributed by atoms with Crippen molar-refractivity contribution in [2.24, 2.45) is 0 Å². The van der Waals surface area contributed by atoms with Crippen LogP contribution in [0.3, 0.4) is 0 Å². The van der Waals surface area contributed by atoms with Gasteiger partial charge in [-0.15, -0.1) is 22.7 Å². The third-order valence-corrected chi connectivity index (χ3v) is 7.27. The summed E-state index contributed by atoms with van der Waals surface area (Å²) in [5.41, 5.74) is 1.29. The summed E-state index contributed by atoms with van der Waals surface area (Å²) in [5, 5.41) is 0. The van der Waals surface area contributed by atoms with E-state index in [1.165, 1.54) is 64.8 Å². The summed E-state index contributed by atoms with van der Waals surface area (Å²) in [4.78, 5) is 14.6. The lowest BCUT2D eigenvalue weighted by atomic mass is 10.1. The Morgan fingerprint density at radius 3 is 2.25 bits per heavy atom. The number of fused-ring (bicyclic) bond motifs is 1. The van der Waals surface area contributed by atoms with Crippen molar-refractivity contribution in [3.63, 3.8) is 0 Å². The van der Waals surface area contributed by atoms with Crippen molar-refractivity contribution in [2.75, 3.05) is 0 Å². The lowest BCUT2D eigenvalue weighted by Gasteiger charge is -2.04. The molecule has 3 rings (SSSR count). The van der Waals surface area contributed by atoms with Gasteiger partial charge in [-0.3, -0.25) is 0 Å². The number of carbonyl (C=O) groups excluding carboxylic acids is 1. The summed E-state index contributed by atoms with van der Waals surface area (Å²) in [6.07, 6.45) is 11.1. The standard InChI is InChI=1S/C24H30O2S2/c1-3-5-7-8-9-11-20-16-21-22(27-20)17-23(28-21)24(25)26-19-14-12-18(13-15-19)10-6-4-2/h12-17H,3-11H2,1-2H3. The fourth-order valence-electron chi connectivity index (χ4n) is 3.27. The minimum Gasteiger partial charge on any atom is -0.422 e. The number of unbranched alkanes of at least 4 members (excludes halogenated alkanes) is 5. The number of hydrogen-bond acceptors (Lipinski definition) is 4. The van der Waals surface area contributed by atoms with Crippen molar-refractivity contribution in [1.82, 2.24) is 0 Å². The van der Waals surface area contributed by atoms with E-state index in [1.807, 2.05) is 29.5 Å². The maximum Gasteiger partial charge on any atom is 0.353 e. The topological polar surface area (TPSA) is 26.3 Å². The van der Waals surface area contributed by atoms with Gasteiger partial charge in [-0.25, -0.2) is 4.79 Å². The number of hydrogen-bond donors (Lipinski definition) is 0. The maximum atomic E-state index is 12.5. The quantitative estimate of drug-likeness (QED) is 0.180. The van der Waals surface area contributed by atoms with E-state index in [0.717, 1.165) is 12.8 Å². The van der Waals surface area contributed by atoms with Crippen LogP contribution in [0.4, 0.5) is 0 Å². The summed E-state index contributed by atoms with van der Waals surface area (Å²) < 4.78 is 7.98. The molecule has 0 saturated heterocycles.